The fourth-order valence-electron chi connectivity index (χ4n) is 3.63. The van der Waals surface area contributed by atoms with Crippen LogP contribution in [0.1, 0.15) is 27.9 Å². The second-order valence-corrected chi connectivity index (χ2v) is 8.11. The van der Waals surface area contributed by atoms with Crippen molar-refractivity contribution in [1.29, 1.82) is 0 Å². The number of benzene rings is 1. The number of amides is 1. The third-order valence-electron chi connectivity index (χ3n) is 5.05. The molecule has 6 heteroatoms. The molecule has 1 aliphatic rings. The van der Waals surface area contributed by atoms with Gasteiger partial charge in [0.05, 0.1) is 5.69 Å². The van der Waals surface area contributed by atoms with Crippen LogP contribution in [0.5, 0.6) is 0 Å². The Morgan fingerprint density at radius 3 is 2.63 bits per heavy atom. The van der Waals surface area contributed by atoms with Gasteiger partial charge < -0.3 is 14.4 Å². The van der Waals surface area contributed by atoms with Crippen LogP contribution in [0.3, 0.4) is 0 Å². The van der Waals surface area contributed by atoms with E-state index in [2.05, 4.69) is 48.0 Å². The molecule has 3 heterocycles. The minimum absolute atomic E-state index is 0.0964. The highest BCUT2D eigenvalue weighted by Gasteiger charge is 2.29. The number of carbonyl (C=O) groups is 1. The van der Waals surface area contributed by atoms with Crippen molar-refractivity contribution in [3.63, 3.8) is 0 Å². The molecule has 0 spiro atoms. The first-order valence-corrected chi connectivity index (χ1v) is 10.1. The van der Waals surface area contributed by atoms with Crippen LogP contribution >= 0.6 is 11.3 Å². The molecule has 1 amide bonds. The second kappa shape index (κ2) is 7.19. The van der Waals surface area contributed by atoms with Gasteiger partial charge in [0.1, 0.15) is 4.88 Å². The molecule has 1 atom stereocenters. The van der Waals surface area contributed by atoms with E-state index in [4.69, 9.17) is 0 Å². The molecule has 0 radical (unpaired) electrons. The van der Waals surface area contributed by atoms with Crippen LogP contribution in [0.25, 0.3) is 5.13 Å². The molecule has 3 aromatic rings. The monoisotopic (exact) mass is 380 g/mol. The van der Waals surface area contributed by atoms with Crippen LogP contribution in [-0.4, -0.2) is 46.0 Å². The molecule has 4 rings (SSSR count). The van der Waals surface area contributed by atoms with E-state index in [-0.39, 0.29) is 11.9 Å². The van der Waals surface area contributed by atoms with Crippen molar-refractivity contribution in [2.24, 2.45) is 0 Å². The van der Waals surface area contributed by atoms with E-state index in [1.807, 2.05) is 40.9 Å². The third-order valence-corrected chi connectivity index (χ3v) is 6.21. The Morgan fingerprint density at radius 2 is 1.93 bits per heavy atom. The summed E-state index contributed by atoms with van der Waals surface area (Å²) in [6.45, 7) is 8.52. The summed E-state index contributed by atoms with van der Waals surface area (Å²) in [5.41, 5.74) is 3.30. The quantitative estimate of drug-likeness (QED) is 0.692. The Bertz CT molecular complexity index is 947. The molecule has 0 N–H and O–H groups in total. The lowest BCUT2D eigenvalue weighted by atomic mass is 10.1. The normalized spacial score (nSPS) is 17.4. The van der Waals surface area contributed by atoms with Gasteiger partial charge in [0.25, 0.3) is 5.91 Å². The SMILES string of the molecule is Cc1cccc(N2CCN(C(=O)c3sc(-n4cccc4)nc3C)C[C@H]2C)c1. The van der Waals surface area contributed by atoms with Gasteiger partial charge in [-0.05, 0) is 50.6 Å². The van der Waals surface area contributed by atoms with Crippen LogP contribution in [0.2, 0.25) is 0 Å². The molecule has 5 nitrogen and oxygen atoms in total. The maximum absolute atomic E-state index is 13.1. The first-order valence-electron chi connectivity index (χ1n) is 9.26. The molecule has 0 aliphatic carbocycles. The molecule has 27 heavy (non-hydrogen) atoms. The molecular formula is C21H24N4OS. The minimum atomic E-state index is 0.0964. The number of thiazole rings is 1. The van der Waals surface area contributed by atoms with Crippen molar-refractivity contribution >= 4 is 22.9 Å². The van der Waals surface area contributed by atoms with Gasteiger partial charge in [0.2, 0.25) is 0 Å². The molecule has 0 saturated carbocycles. The standard InChI is InChI=1S/C21H24N4OS/c1-15-7-6-8-18(13-15)25-12-11-24(14-16(25)2)20(26)19-17(3)22-21(27-19)23-9-4-5-10-23/h4-10,13,16H,11-12,14H2,1-3H3/t16-/m1/s1. The van der Waals surface area contributed by atoms with Gasteiger partial charge >= 0.3 is 0 Å². The van der Waals surface area contributed by atoms with E-state index in [0.717, 1.165) is 35.3 Å². The van der Waals surface area contributed by atoms with E-state index < -0.39 is 0 Å². The highest BCUT2D eigenvalue weighted by molar-refractivity contribution is 7.16. The highest BCUT2D eigenvalue weighted by Crippen LogP contribution is 2.26. The lowest BCUT2D eigenvalue weighted by molar-refractivity contribution is 0.0730. The minimum Gasteiger partial charge on any atom is -0.365 e. The molecule has 2 aromatic heterocycles. The Kier molecular flexibility index (Phi) is 4.74. The Balaban J connectivity index is 1.50. The summed E-state index contributed by atoms with van der Waals surface area (Å²) in [4.78, 5) is 22.8. The number of hydrogen-bond acceptors (Lipinski definition) is 4. The molecule has 1 fully saturated rings. The molecule has 0 bridgehead atoms. The van der Waals surface area contributed by atoms with E-state index >= 15 is 0 Å². The van der Waals surface area contributed by atoms with E-state index in [9.17, 15) is 4.79 Å². The van der Waals surface area contributed by atoms with Crippen molar-refractivity contribution in [2.45, 2.75) is 26.8 Å². The molecule has 1 saturated heterocycles. The zero-order valence-electron chi connectivity index (χ0n) is 15.9. The van der Waals surface area contributed by atoms with Crippen molar-refractivity contribution in [1.82, 2.24) is 14.5 Å². The van der Waals surface area contributed by atoms with Crippen LogP contribution in [0.15, 0.2) is 48.8 Å². The first kappa shape index (κ1) is 17.8. The smallest absolute Gasteiger partial charge is 0.266 e. The summed E-state index contributed by atoms with van der Waals surface area (Å²) in [5.74, 6) is 0.0964. The Labute approximate surface area is 163 Å². The summed E-state index contributed by atoms with van der Waals surface area (Å²) >= 11 is 1.47. The van der Waals surface area contributed by atoms with Crippen molar-refractivity contribution in [3.05, 3.63) is 64.9 Å². The first-order chi connectivity index (χ1) is 13.0. The second-order valence-electron chi connectivity index (χ2n) is 7.13. The number of aryl methyl sites for hydroxylation is 2. The van der Waals surface area contributed by atoms with Crippen molar-refractivity contribution in [3.8, 4) is 5.13 Å². The fraction of sp³-hybridized carbons (Fsp3) is 0.333. The average Bonchev–Trinajstić information content (AvgIpc) is 3.30. The number of nitrogens with zero attached hydrogens (tertiary/aromatic N) is 4. The van der Waals surface area contributed by atoms with Crippen LogP contribution in [-0.2, 0) is 0 Å². The summed E-state index contributed by atoms with van der Waals surface area (Å²) in [6, 6.07) is 12.8. The summed E-state index contributed by atoms with van der Waals surface area (Å²) < 4.78 is 1.95. The summed E-state index contributed by atoms with van der Waals surface area (Å²) in [7, 11) is 0. The van der Waals surface area contributed by atoms with E-state index in [0.29, 0.717) is 0 Å². The van der Waals surface area contributed by atoms with Gasteiger partial charge in [-0.2, -0.15) is 0 Å². The van der Waals surface area contributed by atoms with Gasteiger partial charge in [0.15, 0.2) is 5.13 Å². The van der Waals surface area contributed by atoms with Crippen LogP contribution in [0, 0.1) is 13.8 Å². The molecule has 140 valence electrons. The summed E-state index contributed by atoms with van der Waals surface area (Å²) in [6.07, 6.45) is 3.91. The number of anilines is 1. The van der Waals surface area contributed by atoms with Gasteiger partial charge in [-0.3, -0.25) is 4.79 Å². The number of rotatable bonds is 3. The topological polar surface area (TPSA) is 41.4 Å². The lowest BCUT2D eigenvalue weighted by Crippen LogP contribution is -2.53. The predicted molar refractivity (Wildman–Crippen MR) is 110 cm³/mol. The third kappa shape index (κ3) is 3.49. The van der Waals surface area contributed by atoms with Crippen molar-refractivity contribution in [2.75, 3.05) is 24.5 Å². The van der Waals surface area contributed by atoms with Crippen LogP contribution in [0.4, 0.5) is 5.69 Å². The largest absolute Gasteiger partial charge is 0.365 e. The van der Waals surface area contributed by atoms with Gasteiger partial charge in [-0.25, -0.2) is 4.98 Å². The molecule has 1 aromatic carbocycles. The number of piperazine rings is 1. The predicted octanol–water partition coefficient (Wildman–Crippen LogP) is 3.90. The number of aromatic nitrogens is 2. The maximum atomic E-state index is 13.1. The Hall–Kier alpha value is -2.60. The van der Waals surface area contributed by atoms with E-state index in [1.165, 1.54) is 22.6 Å². The van der Waals surface area contributed by atoms with Gasteiger partial charge in [0, 0.05) is 43.8 Å². The maximum Gasteiger partial charge on any atom is 0.266 e. The molecule has 1 aliphatic heterocycles. The zero-order chi connectivity index (χ0) is 19.0. The Morgan fingerprint density at radius 1 is 1.15 bits per heavy atom. The molecule has 0 unspecified atom stereocenters. The van der Waals surface area contributed by atoms with Gasteiger partial charge in [-0.15, -0.1) is 0 Å². The summed E-state index contributed by atoms with van der Waals surface area (Å²) in [5, 5.41) is 0.840. The lowest BCUT2D eigenvalue weighted by Gasteiger charge is -2.41. The number of carbonyl (C=O) groups excluding carboxylic acids is 1. The van der Waals surface area contributed by atoms with Crippen LogP contribution < -0.4 is 4.90 Å². The average molecular weight is 381 g/mol. The zero-order valence-corrected chi connectivity index (χ0v) is 16.7. The number of hydrogen-bond donors (Lipinski definition) is 0. The van der Waals surface area contributed by atoms with Crippen molar-refractivity contribution < 1.29 is 4.79 Å². The van der Waals surface area contributed by atoms with E-state index in [1.54, 1.807) is 0 Å². The molecular weight excluding hydrogens is 356 g/mol. The fourth-order valence-corrected chi connectivity index (χ4v) is 4.63. The van der Waals surface area contributed by atoms with Gasteiger partial charge in [-0.1, -0.05) is 23.5 Å². The highest BCUT2D eigenvalue weighted by atomic mass is 32.1.